The van der Waals surface area contributed by atoms with E-state index in [9.17, 15) is 22.8 Å². The third-order valence-corrected chi connectivity index (χ3v) is 6.84. The molecule has 1 aromatic carbocycles. The molecule has 1 aliphatic carbocycles. The summed E-state index contributed by atoms with van der Waals surface area (Å²) in [5.74, 6) is 4.85. The number of nitrogens with zero attached hydrogens (tertiary/aromatic N) is 5. The molecule has 0 radical (unpaired) electrons. The summed E-state index contributed by atoms with van der Waals surface area (Å²) in [5, 5.41) is 23.6. The smallest absolute Gasteiger partial charge is 0.339 e. The van der Waals surface area contributed by atoms with Crippen LogP contribution in [0.5, 0.6) is 0 Å². The number of hydrogen-bond acceptors (Lipinski definition) is 7. The minimum absolute atomic E-state index is 0.0122. The minimum atomic E-state index is -4.72. The normalized spacial score (nSPS) is 14.6. The highest BCUT2D eigenvalue weighted by molar-refractivity contribution is 6.36. The van der Waals surface area contributed by atoms with E-state index >= 15 is 0 Å². The van der Waals surface area contributed by atoms with Crippen molar-refractivity contribution < 1.29 is 22.8 Å². The zero-order chi connectivity index (χ0) is 33.6. The lowest BCUT2D eigenvalue weighted by Crippen LogP contribution is -2.29. The van der Waals surface area contributed by atoms with Crippen molar-refractivity contribution in [2.24, 2.45) is 11.0 Å². The van der Waals surface area contributed by atoms with E-state index in [1.807, 2.05) is 26.0 Å². The van der Waals surface area contributed by atoms with Gasteiger partial charge in [-0.3, -0.25) is 15.0 Å². The standard InChI is InChI=1S/C32H30ClF3N8O2/c1-19(2)11-12-22-15-20(3)28(24(16-22)30(45)38-14-13-37)39-31(46)27-17-23(18-43-40-21(4)29(42-43)32(34,35)36)41-44(27)26-10-8-6-5-7-9-25(26)33/h5,7,9-10,15-17,19,40H,4,6,8,14,18H2,1-3H3,(H,38,45)(H,39,46). The lowest BCUT2D eigenvalue weighted by molar-refractivity contribution is -0.0584. The number of carbonyl (C=O) groups is 2. The van der Waals surface area contributed by atoms with Crippen LogP contribution in [0.1, 0.15) is 64.4 Å². The van der Waals surface area contributed by atoms with Gasteiger partial charge in [0.25, 0.3) is 11.8 Å². The number of hydrazone groups is 1. The summed E-state index contributed by atoms with van der Waals surface area (Å²) in [6.07, 6.45) is 3.67. The number of amides is 2. The van der Waals surface area contributed by atoms with Gasteiger partial charge in [0.1, 0.15) is 18.8 Å². The summed E-state index contributed by atoms with van der Waals surface area (Å²) >= 11 is 6.58. The number of nitrogens with one attached hydrogen (secondary N) is 3. The first kappa shape index (κ1) is 33.6. The summed E-state index contributed by atoms with van der Waals surface area (Å²) in [7, 11) is 0. The van der Waals surface area contributed by atoms with E-state index in [-0.39, 0.29) is 46.7 Å². The number of anilines is 1. The third-order valence-electron chi connectivity index (χ3n) is 6.52. The van der Waals surface area contributed by atoms with Crippen LogP contribution in [-0.2, 0) is 6.54 Å². The Morgan fingerprint density at radius 2 is 1.98 bits per heavy atom. The molecule has 0 fully saturated rings. The Hall–Kier alpha value is -5.27. The molecule has 2 aliphatic rings. The molecule has 10 nitrogen and oxygen atoms in total. The Morgan fingerprint density at radius 1 is 1.22 bits per heavy atom. The fraction of sp³-hybridized carbons (Fsp3) is 0.281. The highest BCUT2D eigenvalue weighted by atomic mass is 35.5. The van der Waals surface area contributed by atoms with Crippen LogP contribution in [0, 0.1) is 36.0 Å². The van der Waals surface area contributed by atoms with Gasteiger partial charge < -0.3 is 10.6 Å². The van der Waals surface area contributed by atoms with Gasteiger partial charge in [-0.15, -0.1) is 5.10 Å². The zero-order valence-electron chi connectivity index (χ0n) is 25.2. The molecule has 0 unspecified atom stereocenters. The highest BCUT2D eigenvalue weighted by Gasteiger charge is 2.42. The number of rotatable bonds is 7. The third kappa shape index (κ3) is 8.06. The predicted octanol–water partition coefficient (Wildman–Crippen LogP) is 5.77. The SMILES string of the molecule is C=C1NN(Cc2cc(C(=O)Nc3c(C)cc(C#CC(C)C)cc3C(=O)NCC#N)n(C3=CCCC=CC=C3Cl)n2)N=C1C(F)(F)F. The topological polar surface area (TPSA) is 127 Å². The van der Waals surface area contributed by atoms with Crippen molar-refractivity contribution in [3.8, 4) is 17.9 Å². The van der Waals surface area contributed by atoms with Crippen molar-refractivity contribution in [2.45, 2.75) is 46.3 Å². The molecule has 3 N–H and O–H groups in total. The molecule has 46 heavy (non-hydrogen) atoms. The Labute approximate surface area is 268 Å². The molecule has 1 aliphatic heterocycles. The van der Waals surface area contributed by atoms with Gasteiger partial charge >= 0.3 is 6.18 Å². The maximum absolute atomic E-state index is 14.0. The summed E-state index contributed by atoms with van der Waals surface area (Å²) in [6, 6.07) is 6.50. The number of aromatic nitrogens is 2. The monoisotopic (exact) mass is 650 g/mol. The molecule has 2 amide bonds. The number of carbonyl (C=O) groups excluding carboxylic acids is 2. The van der Waals surface area contributed by atoms with Gasteiger partial charge in [-0.05, 0) is 49.6 Å². The number of alkyl halides is 3. The molecule has 1 aromatic heterocycles. The first-order valence-corrected chi connectivity index (χ1v) is 14.5. The van der Waals surface area contributed by atoms with Crippen LogP contribution in [0.4, 0.5) is 18.9 Å². The number of aryl methyl sites for hydroxylation is 1. The highest BCUT2D eigenvalue weighted by Crippen LogP contribution is 2.29. The van der Waals surface area contributed by atoms with E-state index in [0.29, 0.717) is 29.7 Å². The van der Waals surface area contributed by atoms with Crippen molar-refractivity contribution in [1.82, 2.24) is 25.6 Å². The second kappa shape index (κ2) is 14.2. The van der Waals surface area contributed by atoms with Gasteiger partial charge in [0.05, 0.1) is 39.4 Å². The molecule has 0 saturated carbocycles. The van der Waals surface area contributed by atoms with Gasteiger partial charge in [0.2, 0.25) is 0 Å². The van der Waals surface area contributed by atoms with Gasteiger partial charge in [-0.25, -0.2) is 9.80 Å². The van der Waals surface area contributed by atoms with E-state index in [4.69, 9.17) is 16.9 Å². The average Bonchev–Trinajstić information content (AvgIpc) is 3.56. The van der Waals surface area contributed by atoms with Crippen molar-refractivity contribution in [3.05, 3.63) is 87.9 Å². The molecular formula is C32H30ClF3N8O2. The number of nitriles is 1. The van der Waals surface area contributed by atoms with Crippen LogP contribution in [0.25, 0.3) is 5.70 Å². The van der Waals surface area contributed by atoms with Crippen molar-refractivity contribution >= 4 is 40.5 Å². The minimum Gasteiger partial charge on any atom is -0.339 e. The van der Waals surface area contributed by atoms with Crippen LogP contribution in [-0.4, -0.2) is 45.1 Å². The predicted molar refractivity (Wildman–Crippen MR) is 169 cm³/mol. The number of hydrogen-bond donors (Lipinski definition) is 3. The van der Waals surface area contributed by atoms with E-state index < -0.39 is 29.4 Å². The second-order valence-electron chi connectivity index (χ2n) is 10.6. The van der Waals surface area contributed by atoms with E-state index in [1.54, 1.807) is 31.2 Å². The maximum Gasteiger partial charge on any atom is 0.437 e. The largest absolute Gasteiger partial charge is 0.437 e. The van der Waals surface area contributed by atoms with Gasteiger partial charge in [0, 0.05) is 11.5 Å². The van der Waals surface area contributed by atoms with E-state index in [1.165, 1.54) is 16.8 Å². The molecule has 238 valence electrons. The molecule has 4 rings (SSSR count). The van der Waals surface area contributed by atoms with Crippen LogP contribution in [0.3, 0.4) is 0 Å². The summed E-state index contributed by atoms with van der Waals surface area (Å²) in [4.78, 5) is 27.1. The van der Waals surface area contributed by atoms with E-state index in [2.05, 4.69) is 44.7 Å². The van der Waals surface area contributed by atoms with Crippen molar-refractivity contribution in [3.63, 3.8) is 0 Å². The molecule has 0 spiro atoms. The van der Waals surface area contributed by atoms with E-state index in [0.717, 1.165) is 5.12 Å². The van der Waals surface area contributed by atoms with Gasteiger partial charge in [0.15, 0.2) is 5.71 Å². The molecule has 0 saturated heterocycles. The summed E-state index contributed by atoms with van der Waals surface area (Å²) < 4.78 is 41.3. The molecular weight excluding hydrogens is 621 g/mol. The quantitative estimate of drug-likeness (QED) is 0.258. The zero-order valence-corrected chi connectivity index (χ0v) is 26.0. The van der Waals surface area contributed by atoms with Crippen molar-refractivity contribution in [2.75, 3.05) is 11.9 Å². The Bertz CT molecular complexity index is 1800. The molecule has 2 aromatic rings. The fourth-order valence-corrected chi connectivity index (χ4v) is 4.71. The first-order valence-electron chi connectivity index (χ1n) is 14.1. The lowest BCUT2D eigenvalue weighted by Gasteiger charge is -2.16. The molecule has 0 atom stereocenters. The summed E-state index contributed by atoms with van der Waals surface area (Å²) in [5.41, 5.74) is 2.74. The maximum atomic E-state index is 14.0. The average molecular weight is 651 g/mol. The molecule has 0 bridgehead atoms. The van der Waals surface area contributed by atoms with Crippen LogP contribution in [0.15, 0.2) is 64.9 Å². The molecule has 14 heteroatoms. The number of halogens is 4. The number of allylic oxidation sites excluding steroid dienone is 7. The van der Waals surface area contributed by atoms with Gasteiger partial charge in [-0.1, -0.05) is 62.1 Å². The van der Waals surface area contributed by atoms with Gasteiger partial charge in [-0.2, -0.15) is 23.5 Å². The number of hydrazine groups is 1. The number of benzene rings is 1. The molecule has 2 heterocycles. The first-order chi connectivity index (χ1) is 21.8. The Balaban J connectivity index is 1.77. The van der Waals surface area contributed by atoms with Crippen LogP contribution in [0.2, 0.25) is 0 Å². The summed E-state index contributed by atoms with van der Waals surface area (Å²) in [6.45, 7) is 8.41. The second-order valence-corrected chi connectivity index (χ2v) is 11.0. The lowest BCUT2D eigenvalue weighted by atomic mass is 10.0. The fourth-order valence-electron chi connectivity index (χ4n) is 4.48. The Kier molecular flexibility index (Phi) is 10.4. The Morgan fingerprint density at radius 3 is 2.65 bits per heavy atom. The van der Waals surface area contributed by atoms with Crippen LogP contribution >= 0.6 is 11.6 Å². The van der Waals surface area contributed by atoms with Crippen LogP contribution < -0.4 is 16.1 Å². The van der Waals surface area contributed by atoms with Crippen molar-refractivity contribution in [1.29, 1.82) is 5.26 Å².